The molecule has 0 bridgehead atoms. The van der Waals surface area contributed by atoms with Crippen LogP contribution in [0.1, 0.15) is 227 Å². The average Bonchev–Trinajstić information content (AvgIpc) is 3.91. The minimum Gasteiger partial charge on any atom is -0.466 e. The normalized spacial score (nSPS) is 14.0. The van der Waals surface area contributed by atoms with E-state index in [0.717, 1.165) is 76.9 Å². The zero-order valence-electron chi connectivity index (χ0n) is 35.6. The highest BCUT2D eigenvalue weighted by Crippen LogP contribution is 2.53. The first kappa shape index (κ1) is 48.9. The topological polar surface area (TPSA) is 76.1 Å². The second-order valence-corrected chi connectivity index (χ2v) is 17.4. The van der Waals surface area contributed by atoms with E-state index in [9.17, 15) is 14.7 Å². The Balaban J connectivity index is 2.19. The van der Waals surface area contributed by atoms with E-state index in [2.05, 4.69) is 25.7 Å². The fraction of sp³-hybridized carbons (Fsp3) is 0.957. The predicted octanol–water partition coefficient (Wildman–Crippen LogP) is 12.8. The van der Waals surface area contributed by atoms with E-state index in [4.69, 9.17) is 9.47 Å². The maximum Gasteiger partial charge on any atom is 0.311 e. The number of carbonyl (C=O) groups is 2. The molecule has 0 atom stereocenters. The van der Waals surface area contributed by atoms with Crippen LogP contribution in [0.15, 0.2) is 0 Å². The Morgan fingerprint density at radius 2 is 1.13 bits per heavy atom. The molecule has 0 aromatic heterocycles. The number of unbranched alkanes of at least 4 members (excludes halogenated alkanes) is 14. The third-order valence-electron chi connectivity index (χ3n) is 11.9. The van der Waals surface area contributed by atoms with Gasteiger partial charge in [0, 0.05) is 19.6 Å². The Labute approximate surface area is 323 Å². The first-order valence-electron chi connectivity index (χ1n) is 22.9. The fourth-order valence-electron chi connectivity index (χ4n) is 7.84. The lowest BCUT2D eigenvalue weighted by molar-refractivity contribution is -0.154. The van der Waals surface area contributed by atoms with E-state index in [1.54, 1.807) is 0 Å². The molecule has 0 aromatic carbocycles. The molecule has 1 N–H and O–H groups in total. The third-order valence-corrected chi connectivity index (χ3v) is 11.9. The fourth-order valence-corrected chi connectivity index (χ4v) is 7.84. The highest BCUT2D eigenvalue weighted by atomic mass is 16.5. The first-order chi connectivity index (χ1) is 25.2. The van der Waals surface area contributed by atoms with E-state index in [-0.39, 0.29) is 18.5 Å². The molecule has 0 aromatic rings. The van der Waals surface area contributed by atoms with Gasteiger partial charge in [-0.2, -0.15) is 0 Å². The van der Waals surface area contributed by atoms with Crippen molar-refractivity contribution >= 4 is 11.9 Å². The van der Waals surface area contributed by atoms with Gasteiger partial charge in [-0.25, -0.2) is 0 Å². The molecule has 1 fully saturated rings. The Hall–Kier alpha value is -1.14. The smallest absolute Gasteiger partial charge is 0.311 e. The number of esters is 2. The van der Waals surface area contributed by atoms with Gasteiger partial charge >= 0.3 is 11.9 Å². The molecule has 0 unspecified atom stereocenters. The summed E-state index contributed by atoms with van der Waals surface area (Å²) in [6.45, 7) is 15.4. The molecule has 308 valence electrons. The molecule has 52 heavy (non-hydrogen) atoms. The van der Waals surface area contributed by atoms with Crippen LogP contribution in [-0.4, -0.2) is 61.4 Å². The molecule has 6 nitrogen and oxygen atoms in total. The summed E-state index contributed by atoms with van der Waals surface area (Å²) in [6, 6.07) is 0. The van der Waals surface area contributed by atoms with Gasteiger partial charge in [-0.15, -0.1) is 0 Å². The van der Waals surface area contributed by atoms with Gasteiger partial charge in [0.25, 0.3) is 0 Å². The van der Waals surface area contributed by atoms with Gasteiger partial charge in [-0.3, -0.25) is 9.59 Å². The van der Waals surface area contributed by atoms with Gasteiger partial charge in [0.05, 0.1) is 18.6 Å². The highest BCUT2D eigenvalue weighted by Gasteiger charge is 2.41. The second kappa shape index (κ2) is 32.1. The number of hydrogen-bond donors (Lipinski definition) is 1. The Morgan fingerprint density at radius 3 is 1.77 bits per heavy atom. The van der Waals surface area contributed by atoms with Crippen molar-refractivity contribution in [3.8, 4) is 0 Å². The molecule has 0 heterocycles. The number of hydrogen-bond acceptors (Lipinski definition) is 6. The summed E-state index contributed by atoms with van der Waals surface area (Å²) < 4.78 is 11.3. The van der Waals surface area contributed by atoms with E-state index >= 15 is 0 Å². The van der Waals surface area contributed by atoms with Crippen LogP contribution in [0, 0.1) is 16.7 Å². The van der Waals surface area contributed by atoms with Crippen molar-refractivity contribution in [2.75, 3.05) is 39.5 Å². The molecule has 0 amide bonds. The molecule has 0 saturated heterocycles. The largest absolute Gasteiger partial charge is 0.466 e. The molecule has 1 saturated carbocycles. The number of aliphatic hydroxyl groups is 1. The van der Waals surface area contributed by atoms with Crippen molar-refractivity contribution in [2.24, 2.45) is 16.7 Å². The molecule has 1 rings (SSSR count). The summed E-state index contributed by atoms with van der Waals surface area (Å²) in [7, 11) is 0. The lowest BCUT2D eigenvalue weighted by Gasteiger charge is -2.23. The highest BCUT2D eigenvalue weighted by molar-refractivity contribution is 5.75. The zero-order valence-corrected chi connectivity index (χ0v) is 35.6. The SMILES string of the molecule is CCCCCCCCCOC(=O)C(C)(C)CCCCCCN(CCCO)CCCCC1(CCC(=O)OCCCC(CCCCC)CCCCC)CC1. The average molecular weight is 736 g/mol. The van der Waals surface area contributed by atoms with Crippen molar-refractivity contribution in [2.45, 2.75) is 227 Å². The van der Waals surface area contributed by atoms with E-state index in [1.165, 1.54) is 135 Å². The van der Waals surface area contributed by atoms with Crippen molar-refractivity contribution in [1.29, 1.82) is 0 Å². The van der Waals surface area contributed by atoms with Crippen LogP contribution in [-0.2, 0) is 19.1 Å². The summed E-state index contributed by atoms with van der Waals surface area (Å²) in [5.74, 6) is 0.778. The van der Waals surface area contributed by atoms with Gasteiger partial charge in [-0.1, -0.05) is 136 Å². The van der Waals surface area contributed by atoms with Crippen molar-refractivity contribution in [1.82, 2.24) is 4.90 Å². The van der Waals surface area contributed by atoms with Crippen molar-refractivity contribution in [3.63, 3.8) is 0 Å². The minimum atomic E-state index is -0.405. The molecule has 6 heteroatoms. The molecular formula is C46H89NO5. The summed E-state index contributed by atoms with van der Waals surface area (Å²) in [4.78, 5) is 27.8. The number of rotatable bonds is 39. The Morgan fingerprint density at radius 1 is 0.615 bits per heavy atom. The molecule has 0 spiro atoms. The van der Waals surface area contributed by atoms with Crippen LogP contribution >= 0.6 is 0 Å². The van der Waals surface area contributed by atoms with Crippen molar-refractivity contribution < 1.29 is 24.2 Å². The van der Waals surface area contributed by atoms with E-state index < -0.39 is 5.41 Å². The quantitative estimate of drug-likeness (QED) is 0.0500. The lowest BCUT2D eigenvalue weighted by atomic mass is 9.87. The minimum absolute atomic E-state index is 0.0114. The van der Waals surface area contributed by atoms with Crippen LogP contribution in [0.5, 0.6) is 0 Å². The molecule has 0 radical (unpaired) electrons. The summed E-state index contributed by atoms with van der Waals surface area (Å²) in [6.07, 6.45) is 35.4. The second-order valence-electron chi connectivity index (χ2n) is 17.4. The third kappa shape index (κ3) is 26.6. The number of ether oxygens (including phenoxy) is 2. The maximum atomic E-state index is 12.7. The summed E-state index contributed by atoms with van der Waals surface area (Å²) >= 11 is 0. The molecular weight excluding hydrogens is 647 g/mol. The van der Waals surface area contributed by atoms with Crippen LogP contribution in [0.2, 0.25) is 0 Å². The first-order valence-corrected chi connectivity index (χ1v) is 22.9. The lowest BCUT2D eigenvalue weighted by Crippen LogP contribution is -2.28. The van der Waals surface area contributed by atoms with Gasteiger partial charge in [0.2, 0.25) is 0 Å². The van der Waals surface area contributed by atoms with Crippen LogP contribution in [0.25, 0.3) is 0 Å². The molecule has 1 aliphatic rings. The van der Waals surface area contributed by atoms with Gasteiger partial charge in [0.15, 0.2) is 0 Å². The molecule has 1 aliphatic carbocycles. The molecule has 0 aliphatic heterocycles. The van der Waals surface area contributed by atoms with Crippen LogP contribution < -0.4 is 0 Å². The Kier molecular flexibility index (Phi) is 30.2. The van der Waals surface area contributed by atoms with Gasteiger partial charge < -0.3 is 19.5 Å². The zero-order chi connectivity index (χ0) is 38.2. The predicted molar refractivity (Wildman–Crippen MR) is 221 cm³/mol. The standard InChI is InChI=1S/C46H89NO5/c1-6-9-12-13-14-17-24-40-52-44(50)45(4,5)31-20-15-16-22-36-47(38-26-39-48)37-23-21-32-46(34-35-46)33-30-43(49)51-41-25-29-42(27-18-10-7-2)28-19-11-8-3/h42,48H,6-41H2,1-5H3. The van der Waals surface area contributed by atoms with E-state index in [0.29, 0.717) is 25.0 Å². The van der Waals surface area contributed by atoms with Crippen molar-refractivity contribution in [3.05, 3.63) is 0 Å². The van der Waals surface area contributed by atoms with E-state index in [1.807, 2.05) is 13.8 Å². The summed E-state index contributed by atoms with van der Waals surface area (Å²) in [5, 5.41) is 9.46. The van der Waals surface area contributed by atoms with Crippen LogP contribution in [0.4, 0.5) is 0 Å². The van der Waals surface area contributed by atoms with Gasteiger partial charge in [0.1, 0.15) is 0 Å². The summed E-state index contributed by atoms with van der Waals surface area (Å²) in [5.41, 5.74) is -0.0229. The van der Waals surface area contributed by atoms with Crippen LogP contribution in [0.3, 0.4) is 0 Å². The number of carbonyl (C=O) groups excluding carboxylic acids is 2. The van der Waals surface area contributed by atoms with Gasteiger partial charge in [-0.05, 0) is 109 Å². The Bertz CT molecular complexity index is 831. The number of aliphatic hydroxyl groups excluding tert-OH is 1. The maximum absolute atomic E-state index is 12.7. The number of nitrogens with zero attached hydrogens (tertiary/aromatic N) is 1. The monoisotopic (exact) mass is 736 g/mol.